The molecule has 7 nitrogen and oxygen atoms in total. The van der Waals surface area contributed by atoms with Gasteiger partial charge in [0.25, 0.3) is 5.91 Å². The van der Waals surface area contributed by atoms with Crippen molar-refractivity contribution < 1.29 is 13.6 Å². The average Bonchev–Trinajstić information content (AvgIpc) is 3.52. The zero-order chi connectivity index (χ0) is 20.1. The van der Waals surface area contributed by atoms with Crippen molar-refractivity contribution in [3.05, 3.63) is 90.2 Å². The van der Waals surface area contributed by atoms with Gasteiger partial charge in [-0.25, -0.2) is 4.68 Å². The molecule has 0 bridgehead atoms. The average molecular weight is 384 g/mol. The Hall–Kier alpha value is -4.31. The van der Waals surface area contributed by atoms with Gasteiger partial charge in [-0.1, -0.05) is 18.2 Å². The second kappa shape index (κ2) is 8.15. The number of nitriles is 1. The molecular weight excluding hydrogens is 368 g/mol. The molecule has 4 aromatic rings. The van der Waals surface area contributed by atoms with Gasteiger partial charge in [-0.15, -0.1) is 0 Å². The fraction of sp³-hybridized carbons (Fsp3) is 0.0455. The van der Waals surface area contributed by atoms with E-state index in [1.54, 1.807) is 41.4 Å². The Morgan fingerprint density at radius 3 is 2.59 bits per heavy atom. The Kier molecular flexibility index (Phi) is 5.08. The molecule has 0 aliphatic heterocycles. The van der Waals surface area contributed by atoms with E-state index in [0.29, 0.717) is 22.8 Å². The fourth-order valence-electron chi connectivity index (χ4n) is 2.79. The molecular formula is C22H16N4O3. The van der Waals surface area contributed by atoms with Gasteiger partial charge in [0, 0.05) is 11.8 Å². The maximum absolute atomic E-state index is 12.5. The van der Waals surface area contributed by atoms with Crippen molar-refractivity contribution in [2.24, 2.45) is 0 Å². The van der Waals surface area contributed by atoms with Gasteiger partial charge in [0.2, 0.25) is 0 Å². The molecule has 4 rings (SSSR count). The monoisotopic (exact) mass is 384 g/mol. The number of hydrogen-bond donors (Lipinski definition) is 1. The van der Waals surface area contributed by atoms with Crippen LogP contribution in [-0.4, -0.2) is 15.7 Å². The van der Waals surface area contributed by atoms with Gasteiger partial charge >= 0.3 is 0 Å². The van der Waals surface area contributed by atoms with Gasteiger partial charge < -0.3 is 14.2 Å². The van der Waals surface area contributed by atoms with Crippen LogP contribution in [0.1, 0.15) is 11.3 Å². The van der Waals surface area contributed by atoms with E-state index in [1.165, 1.54) is 12.3 Å². The summed E-state index contributed by atoms with van der Waals surface area (Å²) in [5.74, 6) is 0.643. The van der Waals surface area contributed by atoms with E-state index in [9.17, 15) is 10.1 Å². The van der Waals surface area contributed by atoms with Crippen LogP contribution in [-0.2, 0) is 11.3 Å². The van der Waals surface area contributed by atoms with Crippen LogP contribution < -0.4 is 5.32 Å². The van der Waals surface area contributed by atoms with Crippen LogP contribution in [0.5, 0.6) is 0 Å². The molecule has 1 amide bonds. The maximum atomic E-state index is 12.5. The Morgan fingerprint density at radius 2 is 1.90 bits per heavy atom. The molecule has 3 aromatic heterocycles. The van der Waals surface area contributed by atoms with Crippen LogP contribution in [0.4, 0.5) is 0 Å². The summed E-state index contributed by atoms with van der Waals surface area (Å²) in [6.07, 6.45) is 6.33. The van der Waals surface area contributed by atoms with Gasteiger partial charge in [0.15, 0.2) is 5.76 Å². The van der Waals surface area contributed by atoms with E-state index in [-0.39, 0.29) is 12.1 Å². The predicted octanol–water partition coefficient (Wildman–Crippen LogP) is 3.95. The first-order valence-corrected chi connectivity index (χ1v) is 8.86. The Labute approximate surface area is 166 Å². The van der Waals surface area contributed by atoms with Crippen LogP contribution in [0.25, 0.3) is 23.2 Å². The largest absolute Gasteiger partial charge is 0.467 e. The first-order chi connectivity index (χ1) is 14.2. The first kappa shape index (κ1) is 18.1. The number of carbonyl (C=O) groups excluding carboxylic acids is 1. The molecule has 0 spiro atoms. The summed E-state index contributed by atoms with van der Waals surface area (Å²) in [5, 5.41) is 16.8. The Morgan fingerprint density at radius 1 is 1.10 bits per heavy atom. The number of hydrogen-bond acceptors (Lipinski definition) is 5. The molecule has 0 atom stereocenters. The summed E-state index contributed by atoms with van der Waals surface area (Å²) in [6, 6.07) is 18.5. The molecule has 142 valence electrons. The van der Waals surface area contributed by atoms with Crippen LogP contribution in [0, 0.1) is 11.3 Å². The summed E-state index contributed by atoms with van der Waals surface area (Å²) in [4.78, 5) is 12.5. The van der Waals surface area contributed by atoms with Crippen molar-refractivity contribution in [3.63, 3.8) is 0 Å². The summed E-state index contributed by atoms with van der Waals surface area (Å²) in [6.45, 7) is 0.194. The lowest BCUT2D eigenvalue weighted by Gasteiger charge is -2.02. The minimum absolute atomic E-state index is 0.0445. The van der Waals surface area contributed by atoms with Crippen molar-refractivity contribution in [1.82, 2.24) is 15.1 Å². The number of benzene rings is 1. The normalized spacial score (nSPS) is 11.2. The Balaban J connectivity index is 1.67. The molecule has 1 aromatic carbocycles. The third-order valence-corrected chi connectivity index (χ3v) is 4.19. The van der Waals surface area contributed by atoms with Gasteiger partial charge in [-0.05, 0) is 42.5 Å². The predicted molar refractivity (Wildman–Crippen MR) is 105 cm³/mol. The number of carbonyl (C=O) groups is 1. The summed E-state index contributed by atoms with van der Waals surface area (Å²) < 4.78 is 12.4. The van der Waals surface area contributed by atoms with Crippen molar-refractivity contribution in [1.29, 1.82) is 5.26 Å². The van der Waals surface area contributed by atoms with E-state index in [4.69, 9.17) is 8.83 Å². The number of aromatic nitrogens is 2. The maximum Gasteiger partial charge on any atom is 0.262 e. The summed E-state index contributed by atoms with van der Waals surface area (Å²) >= 11 is 0. The lowest BCUT2D eigenvalue weighted by Crippen LogP contribution is -2.23. The molecule has 3 heterocycles. The molecule has 29 heavy (non-hydrogen) atoms. The van der Waals surface area contributed by atoms with Crippen molar-refractivity contribution in [2.45, 2.75) is 6.54 Å². The number of nitrogens with one attached hydrogen (secondary N) is 1. The molecule has 0 radical (unpaired) electrons. The van der Waals surface area contributed by atoms with Crippen LogP contribution in [0.2, 0.25) is 0 Å². The number of furan rings is 2. The lowest BCUT2D eigenvalue weighted by molar-refractivity contribution is -0.117. The number of amides is 1. The highest BCUT2D eigenvalue weighted by Crippen LogP contribution is 2.26. The number of nitrogens with zero attached hydrogens (tertiary/aromatic N) is 3. The minimum atomic E-state index is -0.498. The van der Waals surface area contributed by atoms with E-state index in [0.717, 1.165) is 5.69 Å². The van der Waals surface area contributed by atoms with E-state index >= 15 is 0 Å². The molecule has 0 aliphatic carbocycles. The number of rotatable bonds is 6. The van der Waals surface area contributed by atoms with Crippen LogP contribution >= 0.6 is 0 Å². The second-order valence-electron chi connectivity index (χ2n) is 6.12. The van der Waals surface area contributed by atoms with E-state index in [2.05, 4.69) is 10.4 Å². The van der Waals surface area contributed by atoms with Gasteiger partial charge in [-0.2, -0.15) is 10.4 Å². The van der Waals surface area contributed by atoms with Crippen LogP contribution in [0.3, 0.4) is 0 Å². The van der Waals surface area contributed by atoms with E-state index in [1.807, 2.05) is 36.4 Å². The molecule has 0 fully saturated rings. The van der Waals surface area contributed by atoms with Crippen molar-refractivity contribution >= 4 is 12.0 Å². The smallest absolute Gasteiger partial charge is 0.262 e. The number of para-hydroxylation sites is 1. The summed E-state index contributed by atoms with van der Waals surface area (Å²) in [7, 11) is 0. The second-order valence-corrected chi connectivity index (χ2v) is 6.12. The third kappa shape index (κ3) is 4.01. The van der Waals surface area contributed by atoms with E-state index < -0.39 is 5.91 Å². The quantitative estimate of drug-likeness (QED) is 0.401. The minimum Gasteiger partial charge on any atom is -0.467 e. The lowest BCUT2D eigenvalue weighted by atomic mass is 10.1. The topological polar surface area (TPSA) is 97.0 Å². The molecule has 1 N–H and O–H groups in total. The Bertz CT molecular complexity index is 1160. The van der Waals surface area contributed by atoms with Crippen molar-refractivity contribution in [2.75, 3.05) is 0 Å². The zero-order valence-electron chi connectivity index (χ0n) is 15.3. The zero-order valence-corrected chi connectivity index (χ0v) is 15.3. The molecule has 0 unspecified atom stereocenters. The summed E-state index contributed by atoms with van der Waals surface area (Å²) in [5.41, 5.74) is 1.93. The van der Waals surface area contributed by atoms with Crippen LogP contribution in [0.15, 0.2) is 87.7 Å². The van der Waals surface area contributed by atoms with Gasteiger partial charge in [0.05, 0.1) is 24.8 Å². The highest BCUT2D eigenvalue weighted by Gasteiger charge is 2.16. The standard InChI is InChI=1S/C22H16N4O3/c23-13-16(22(27)24-14-19-8-4-10-28-19)12-17-15-26(18-6-2-1-3-7-18)25-21(17)20-9-5-11-29-20/h1-12,15H,14H2,(H,24,27)/b16-12+. The van der Waals surface area contributed by atoms with Gasteiger partial charge in [-0.3, -0.25) is 4.79 Å². The van der Waals surface area contributed by atoms with Crippen molar-refractivity contribution in [3.8, 4) is 23.2 Å². The molecule has 0 saturated heterocycles. The highest BCUT2D eigenvalue weighted by molar-refractivity contribution is 6.02. The fourth-order valence-corrected chi connectivity index (χ4v) is 2.79. The third-order valence-electron chi connectivity index (χ3n) is 4.19. The first-order valence-electron chi connectivity index (χ1n) is 8.86. The molecule has 7 heteroatoms. The molecule has 0 saturated carbocycles. The highest BCUT2D eigenvalue weighted by atomic mass is 16.3. The van der Waals surface area contributed by atoms with Gasteiger partial charge in [0.1, 0.15) is 23.1 Å². The SMILES string of the molecule is N#C/C(=C\c1cn(-c2ccccc2)nc1-c1ccco1)C(=O)NCc1ccco1. The molecule has 0 aliphatic rings.